The Morgan fingerprint density at radius 1 is 1.21 bits per heavy atom. The lowest BCUT2D eigenvalue weighted by Crippen LogP contribution is -2.42. The van der Waals surface area contributed by atoms with Crippen LogP contribution in [0.4, 0.5) is 0 Å². The van der Waals surface area contributed by atoms with Gasteiger partial charge in [0.05, 0.1) is 0 Å². The van der Waals surface area contributed by atoms with Crippen molar-refractivity contribution in [3.8, 4) is 17.2 Å². The van der Waals surface area contributed by atoms with Gasteiger partial charge < -0.3 is 14.6 Å². The molecule has 2 aromatic carbocycles. The second kappa shape index (κ2) is 7.87. The highest BCUT2D eigenvalue weighted by molar-refractivity contribution is 6.20. The van der Waals surface area contributed by atoms with Crippen LogP contribution in [0.3, 0.4) is 0 Å². The summed E-state index contributed by atoms with van der Waals surface area (Å²) in [6.07, 6.45) is 2.55. The van der Waals surface area contributed by atoms with Gasteiger partial charge in [-0.3, -0.25) is 0 Å². The van der Waals surface area contributed by atoms with Crippen molar-refractivity contribution >= 4 is 11.6 Å². The Kier molecular flexibility index (Phi) is 5.86. The van der Waals surface area contributed by atoms with E-state index in [-0.39, 0.29) is 10.8 Å². The Hall–Kier alpha value is -1.87. The number of hydrogen-bond acceptors (Lipinski definition) is 3. The van der Waals surface area contributed by atoms with Gasteiger partial charge in [0.25, 0.3) is 0 Å². The molecule has 0 fully saturated rings. The minimum absolute atomic E-state index is 0.124. The van der Waals surface area contributed by atoms with Crippen LogP contribution in [0.5, 0.6) is 17.2 Å². The van der Waals surface area contributed by atoms with Gasteiger partial charge in [-0.05, 0) is 73.9 Å². The third kappa shape index (κ3) is 4.94. The highest BCUT2D eigenvalue weighted by Crippen LogP contribution is 2.41. The van der Waals surface area contributed by atoms with Gasteiger partial charge in [-0.2, -0.15) is 0 Å². The maximum absolute atomic E-state index is 10.4. The van der Waals surface area contributed by atoms with Crippen molar-refractivity contribution in [2.75, 3.05) is 6.61 Å². The molecule has 0 radical (unpaired) electrons. The fraction of sp³-hybridized carbons (Fsp3) is 0.500. The van der Waals surface area contributed by atoms with E-state index in [0.29, 0.717) is 12.4 Å². The predicted octanol–water partition coefficient (Wildman–Crippen LogP) is 6.02. The van der Waals surface area contributed by atoms with Crippen LogP contribution in [0, 0.1) is 0 Å². The molecule has 0 aliphatic carbocycles. The van der Waals surface area contributed by atoms with Crippen molar-refractivity contribution in [3.05, 3.63) is 53.1 Å². The maximum Gasteiger partial charge on any atom is 0.140 e. The van der Waals surface area contributed by atoms with Crippen LogP contribution >= 0.6 is 11.6 Å². The first-order chi connectivity index (χ1) is 13.1. The number of rotatable bonds is 5. The third-order valence-electron chi connectivity index (χ3n) is 5.25. The van der Waals surface area contributed by atoms with Crippen molar-refractivity contribution in [2.45, 2.75) is 70.3 Å². The standard InChI is InChI=1S/C24H31ClO3/c1-16(25)12-17-6-8-19(9-7-17)27-15-24(5)11-10-18-13-21(26)20(23(2,3)4)14-22(18)28-24/h6-9,13-14,16,26H,10-12,15H2,1-5H3. The third-order valence-corrected chi connectivity index (χ3v) is 5.41. The van der Waals surface area contributed by atoms with E-state index in [1.807, 2.05) is 31.2 Å². The quantitative estimate of drug-likeness (QED) is 0.621. The number of phenolic OH excluding ortho intramolecular Hbond substituents is 1. The molecule has 1 aliphatic heterocycles. The van der Waals surface area contributed by atoms with Gasteiger partial charge in [-0.25, -0.2) is 0 Å². The van der Waals surface area contributed by atoms with E-state index in [0.717, 1.165) is 41.9 Å². The number of ether oxygens (including phenoxy) is 2. The number of aromatic hydroxyl groups is 1. The Labute approximate surface area is 173 Å². The molecule has 1 N–H and O–H groups in total. The number of halogens is 1. The molecular formula is C24H31ClO3. The molecule has 0 amide bonds. The van der Waals surface area contributed by atoms with Gasteiger partial charge in [-0.1, -0.05) is 32.9 Å². The zero-order valence-electron chi connectivity index (χ0n) is 17.5. The monoisotopic (exact) mass is 402 g/mol. The molecule has 28 heavy (non-hydrogen) atoms. The predicted molar refractivity (Wildman–Crippen MR) is 115 cm³/mol. The molecule has 2 atom stereocenters. The molecule has 0 saturated heterocycles. The summed E-state index contributed by atoms with van der Waals surface area (Å²) in [5.41, 5.74) is 2.62. The van der Waals surface area contributed by atoms with Crippen LogP contribution in [0.25, 0.3) is 0 Å². The molecule has 0 bridgehead atoms. The second-order valence-electron chi connectivity index (χ2n) is 9.20. The number of phenols is 1. The number of alkyl halides is 1. The molecule has 0 spiro atoms. The minimum atomic E-state index is -0.400. The summed E-state index contributed by atoms with van der Waals surface area (Å²) in [5.74, 6) is 2.04. The molecule has 0 saturated carbocycles. The molecule has 4 heteroatoms. The van der Waals surface area contributed by atoms with Crippen LogP contribution < -0.4 is 9.47 Å². The fourth-order valence-electron chi connectivity index (χ4n) is 3.60. The molecular weight excluding hydrogens is 372 g/mol. The van der Waals surface area contributed by atoms with Crippen LogP contribution in [0.15, 0.2) is 36.4 Å². The van der Waals surface area contributed by atoms with Crippen LogP contribution in [0.2, 0.25) is 0 Å². The summed E-state index contributed by atoms with van der Waals surface area (Å²) in [4.78, 5) is 0. The van der Waals surface area contributed by atoms with Crippen molar-refractivity contribution in [3.63, 3.8) is 0 Å². The second-order valence-corrected chi connectivity index (χ2v) is 9.94. The minimum Gasteiger partial charge on any atom is -0.508 e. The lowest BCUT2D eigenvalue weighted by atomic mass is 9.84. The summed E-state index contributed by atoms with van der Waals surface area (Å²) in [6, 6.07) is 11.9. The first-order valence-corrected chi connectivity index (χ1v) is 10.4. The van der Waals surface area contributed by atoms with Crippen molar-refractivity contribution in [1.29, 1.82) is 0 Å². The molecule has 1 aliphatic rings. The first kappa shape index (κ1) is 20.9. The topological polar surface area (TPSA) is 38.7 Å². The number of hydrogen-bond donors (Lipinski definition) is 1. The van der Waals surface area contributed by atoms with Crippen molar-refractivity contribution in [1.82, 2.24) is 0 Å². The summed E-state index contributed by atoms with van der Waals surface area (Å²) >= 11 is 6.06. The van der Waals surface area contributed by atoms with Crippen molar-refractivity contribution < 1.29 is 14.6 Å². The van der Waals surface area contributed by atoms with Crippen LogP contribution in [-0.2, 0) is 18.3 Å². The van der Waals surface area contributed by atoms with E-state index in [2.05, 4.69) is 39.8 Å². The SMILES string of the molecule is CC(Cl)Cc1ccc(OCC2(C)CCc3cc(O)c(C(C)(C)C)cc3O2)cc1. The lowest BCUT2D eigenvalue weighted by molar-refractivity contribution is 0.0173. The Morgan fingerprint density at radius 2 is 1.89 bits per heavy atom. The highest BCUT2D eigenvalue weighted by Gasteiger charge is 2.34. The zero-order chi connectivity index (χ0) is 20.5. The molecule has 2 unspecified atom stereocenters. The molecule has 3 rings (SSSR count). The fourth-order valence-corrected chi connectivity index (χ4v) is 3.78. The van der Waals surface area contributed by atoms with E-state index in [1.165, 1.54) is 5.56 Å². The molecule has 0 aromatic heterocycles. The highest BCUT2D eigenvalue weighted by atomic mass is 35.5. The van der Waals surface area contributed by atoms with Gasteiger partial charge in [0.15, 0.2) is 0 Å². The van der Waals surface area contributed by atoms with Gasteiger partial charge >= 0.3 is 0 Å². The van der Waals surface area contributed by atoms with E-state index in [4.69, 9.17) is 21.1 Å². The number of benzene rings is 2. The van der Waals surface area contributed by atoms with Gasteiger partial charge in [0.2, 0.25) is 0 Å². The van der Waals surface area contributed by atoms with E-state index in [1.54, 1.807) is 0 Å². The molecule has 1 heterocycles. The molecule has 152 valence electrons. The van der Waals surface area contributed by atoms with Crippen LogP contribution in [0.1, 0.15) is 57.7 Å². The summed E-state index contributed by atoms with van der Waals surface area (Å²) in [5, 5.41) is 10.5. The number of aryl methyl sites for hydroxylation is 1. The zero-order valence-corrected chi connectivity index (χ0v) is 18.3. The Balaban J connectivity index is 1.69. The Bertz CT molecular complexity index is 821. The average Bonchev–Trinajstić information content (AvgIpc) is 2.60. The van der Waals surface area contributed by atoms with Gasteiger partial charge in [0, 0.05) is 10.9 Å². The maximum atomic E-state index is 10.4. The lowest BCUT2D eigenvalue weighted by Gasteiger charge is -2.36. The smallest absolute Gasteiger partial charge is 0.140 e. The van der Waals surface area contributed by atoms with Crippen molar-refractivity contribution in [2.24, 2.45) is 0 Å². The molecule has 3 nitrogen and oxygen atoms in total. The molecule has 2 aromatic rings. The van der Waals surface area contributed by atoms with E-state index >= 15 is 0 Å². The van der Waals surface area contributed by atoms with Crippen LogP contribution in [-0.4, -0.2) is 22.7 Å². The number of fused-ring (bicyclic) bond motifs is 1. The normalized spacial score (nSPS) is 20.2. The summed E-state index contributed by atoms with van der Waals surface area (Å²) in [6.45, 7) is 10.8. The Morgan fingerprint density at radius 3 is 2.50 bits per heavy atom. The van der Waals surface area contributed by atoms with Gasteiger partial charge in [0.1, 0.15) is 29.5 Å². The largest absolute Gasteiger partial charge is 0.508 e. The summed E-state index contributed by atoms with van der Waals surface area (Å²) < 4.78 is 12.4. The van der Waals surface area contributed by atoms with Gasteiger partial charge in [-0.15, -0.1) is 11.6 Å². The van der Waals surface area contributed by atoms with E-state index in [9.17, 15) is 5.11 Å². The van der Waals surface area contributed by atoms with E-state index < -0.39 is 5.60 Å². The summed E-state index contributed by atoms with van der Waals surface area (Å²) in [7, 11) is 0. The first-order valence-electron chi connectivity index (χ1n) is 9.97. The average molecular weight is 403 g/mol.